The minimum absolute atomic E-state index is 0.853. The summed E-state index contributed by atoms with van der Waals surface area (Å²) >= 11 is 0. The van der Waals surface area contributed by atoms with Crippen molar-refractivity contribution in [3.63, 3.8) is 0 Å². The Balaban J connectivity index is 2.23. The molecule has 1 rings (SSSR count). The Morgan fingerprint density at radius 3 is 3.00 bits per heavy atom. The van der Waals surface area contributed by atoms with E-state index in [0.29, 0.717) is 0 Å². The lowest BCUT2D eigenvalue weighted by molar-refractivity contribution is 0.421. The third kappa shape index (κ3) is 3.34. The fraction of sp³-hybridized carbons (Fsp3) is 0.444. The van der Waals surface area contributed by atoms with Gasteiger partial charge in [-0.1, -0.05) is 0 Å². The maximum Gasteiger partial charge on any atom is 0.0561 e. The fourth-order valence-electron chi connectivity index (χ4n) is 0.845. The SMILES string of the molecule is CN(C)CC/N=C/c1ccc[nH]1. The van der Waals surface area contributed by atoms with Crippen molar-refractivity contribution < 1.29 is 0 Å². The number of aromatic nitrogens is 1. The Bertz CT molecular complexity index is 224. The van der Waals surface area contributed by atoms with E-state index < -0.39 is 0 Å². The summed E-state index contributed by atoms with van der Waals surface area (Å²) in [5.41, 5.74) is 1.06. The zero-order valence-electron chi connectivity index (χ0n) is 7.62. The summed E-state index contributed by atoms with van der Waals surface area (Å²) in [6.45, 7) is 1.85. The lowest BCUT2D eigenvalue weighted by Gasteiger charge is -2.04. The molecule has 0 amide bonds. The van der Waals surface area contributed by atoms with Crippen molar-refractivity contribution in [2.75, 3.05) is 27.2 Å². The van der Waals surface area contributed by atoms with Crippen LogP contribution < -0.4 is 0 Å². The normalized spacial score (nSPS) is 11.6. The van der Waals surface area contributed by atoms with Crippen LogP contribution in [0, 0.1) is 0 Å². The summed E-state index contributed by atoms with van der Waals surface area (Å²) in [5.74, 6) is 0. The average molecular weight is 165 g/mol. The largest absolute Gasteiger partial charge is 0.360 e. The fourth-order valence-corrected chi connectivity index (χ4v) is 0.845. The van der Waals surface area contributed by atoms with Gasteiger partial charge in [0.2, 0.25) is 0 Å². The lowest BCUT2D eigenvalue weighted by atomic mass is 10.5. The molecular weight excluding hydrogens is 150 g/mol. The molecule has 1 aromatic rings. The van der Waals surface area contributed by atoms with Gasteiger partial charge in [0.05, 0.1) is 12.2 Å². The molecule has 3 heteroatoms. The maximum absolute atomic E-state index is 4.26. The van der Waals surface area contributed by atoms with Crippen LogP contribution >= 0.6 is 0 Å². The van der Waals surface area contributed by atoms with Gasteiger partial charge in [-0.2, -0.15) is 0 Å². The van der Waals surface area contributed by atoms with Crippen molar-refractivity contribution in [2.24, 2.45) is 4.99 Å². The van der Waals surface area contributed by atoms with Crippen molar-refractivity contribution in [2.45, 2.75) is 0 Å². The van der Waals surface area contributed by atoms with Crippen molar-refractivity contribution in [3.8, 4) is 0 Å². The number of nitrogens with one attached hydrogen (secondary N) is 1. The number of rotatable bonds is 4. The molecule has 0 fully saturated rings. The molecular formula is C9H15N3. The van der Waals surface area contributed by atoms with Gasteiger partial charge >= 0.3 is 0 Å². The molecule has 0 saturated carbocycles. The first-order valence-corrected chi connectivity index (χ1v) is 4.07. The van der Waals surface area contributed by atoms with Crippen LogP contribution in [0.2, 0.25) is 0 Å². The molecule has 12 heavy (non-hydrogen) atoms. The molecule has 0 atom stereocenters. The molecule has 0 aliphatic carbocycles. The van der Waals surface area contributed by atoms with Gasteiger partial charge in [-0.25, -0.2) is 0 Å². The van der Waals surface area contributed by atoms with Gasteiger partial charge in [0.1, 0.15) is 0 Å². The molecule has 0 spiro atoms. The van der Waals surface area contributed by atoms with E-state index in [1.165, 1.54) is 0 Å². The van der Waals surface area contributed by atoms with E-state index in [2.05, 4.69) is 14.9 Å². The van der Waals surface area contributed by atoms with Crippen LogP contribution in [-0.4, -0.2) is 43.3 Å². The molecule has 1 N–H and O–H groups in total. The van der Waals surface area contributed by atoms with Crippen LogP contribution in [-0.2, 0) is 0 Å². The van der Waals surface area contributed by atoms with Crippen molar-refractivity contribution >= 4 is 6.21 Å². The number of H-pyrrole nitrogens is 1. The number of nitrogens with zero attached hydrogens (tertiary/aromatic N) is 2. The smallest absolute Gasteiger partial charge is 0.0561 e. The second-order valence-electron chi connectivity index (χ2n) is 2.96. The van der Waals surface area contributed by atoms with Gasteiger partial charge in [0, 0.05) is 19.0 Å². The Kier molecular flexibility index (Phi) is 3.54. The van der Waals surface area contributed by atoms with Gasteiger partial charge in [-0.3, -0.25) is 4.99 Å². The number of hydrogen-bond donors (Lipinski definition) is 1. The van der Waals surface area contributed by atoms with E-state index in [9.17, 15) is 0 Å². The minimum Gasteiger partial charge on any atom is -0.360 e. The summed E-state index contributed by atoms with van der Waals surface area (Å²) in [6.07, 6.45) is 3.76. The van der Waals surface area contributed by atoms with Gasteiger partial charge in [0.25, 0.3) is 0 Å². The van der Waals surface area contributed by atoms with Crippen molar-refractivity contribution in [1.29, 1.82) is 0 Å². The summed E-state index contributed by atoms with van der Waals surface area (Å²) < 4.78 is 0. The van der Waals surface area contributed by atoms with Crippen LogP contribution in [0.5, 0.6) is 0 Å². The highest BCUT2D eigenvalue weighted by molar-refractivity contribution is 5.76. The van der Waals surface area contributed by atoms with Crippen molar-refractivity contribution in [3.05, 3.63) is 24.0 Å². The Labute approximate surface area is 73.1 Å². The topological polar surface area (TPSA) is 31.4 Å². The molecule has 1 aromatic heterocycles. The van der Waals surface area contributed by atoms with E-state index in [1.807, 2.05) is 38.6 Å². The third-order valence-corrected chi connectivity index (χ3v) is 1.53. The second-order valence-corrected chi connectivity index (χ2v) is 2.96. The quantitative estimate of drug-likeness (QED) is 0.663. The minimum atomic E-state index is 0.853. The van der Waals surface area contributed by atoms with E-state index in [4.69, 9.17) is 0 Å². The molecule has 66 valence electrons. The number of aromatic amines is 1. The predicted octanol–water partition coefficient (Wildman–Crippen LogP) is 0.995. The van der Waals surface area contributed by atoms with Crippen LogP contribution in [0.25, 0.3) is 0 Å². The number of likely N-dealkylation sites (N-methyl/N-ethyl adjacent to an activating group) is 1. The first-order chi connectivity index (χ1) is 5.79. The summed E-state index contributed by atoms with van der Waals surface area (Å²) in [6, 6.07) is 3.96. The molecule has 3 nitrogen and oxygen atoms in total. The summed E-state index contributed by atoms with van der Waals surface area (Å²) in [7, 11) is 4.09. The Hall–Kier alpha value is -1.09. The monoisotopic (exact) mass is 165 g/mol. The predicted molar refractivity (Wildman–Crippen MR) is 51.8 cm³/mol. The molecule has 0 aliphatic heterocycles. The van der Waals surface area contributed by atoms with Crippen LogP contribution in [0.3, 0.4) is 0 Å². The molecule has 0 saturated heterocycles. The summed E-state index contributed by atoms with van der Waals surface area (Å²) in [5, 5.41) is 0. The molecule has 0 aliphatic rings. The van der Waals surface area contributed by atoms with E-state index in [1.54, 1.807) is 0 Å². The average Bonchev–Trinajstić information content (AvgIpc) is 2.49. The zero-order chi connectivity index (χ0) is 8.81. The highest BCUT2D eigenvalue weighted by Crippen LogP contribution is 1.88. The van der Waals surface area contributed by atoms with Crippen LogP contribution in [0.1, 0.15) is 5.69 Å². The Morgan fingerprint density at radius 1 is 1.58 bits per heavy atom. The molecule has 0 bridgehead atoms. The van der Waals surface area contributed by atoms with Gasteiger partial charge in [-0.05, 0) is 26.2 Å². The van der Waals surface area contributed by atoms with Crippen LogP contribution in [0.15, 0.2) is 23.3 Å². The lowest BCUT2D eigenvalue weighted by Crippen LogP contribution is -2.15. The summed E-state index contributed by atoms with van der Waals surface area (Å²) in [4.78, 5) is 9.44. The molecule has 1 heterocycles. The maximum atomic E-state index is 4.26. The molecule has 0 unspecified atom stereocenters. The van der Waals surface area contributed by atoms with E-state index >= 15 is 0 Å². The standard InChI is InChI=1S/C9H15N3/c1-12(2)7-6-10-8-9-4-3-5-11-9/h3-5,8,11H,6-7H2,1-2H3/b10-8+. The highest BCUT2D eigenvalue weighted by atomic mass is 15.1. The second kappa shape index (κ2) is 4.72. The Morgan fingerprint density at radius 2 is 2.42 bits per heavy atom. The van der Waals surface area contributed by atoms with Gasteiger partial charge in [0.15, 0.2) is 0 Å². The number of hydrogen-bond acceptors (Lipinski definition) is 2. The van der Waals surface area contributed by atoms with E-state index in [-0.39, 0.29) is 0 Å². The number of aliphatic imine (C=N–C) groups is 1. The van der Waals surface area contributed by atoms with Crippen LogP contribution in [0.4, 0.5) is 0 Å². The highest BCUT2D eigenvalue weighted by Gasteiger charge is 1.87. The first-order valence-electron chi connectivity index (χ1n) is 4.07. The third-order valence-electron chi connectivity index (χ3n) is 1.53. The van der Waals surface area contributed by atoms with Crippen molar-refractivity contribution in [1.82, 2.24) is 9.88 Å². The first kappa shape index (κ1) is 9.00. The molecule has 0 aromatic carbocycles. The zero-order valence-corrected chi connectivity index (χ0v) is 7.62. The van der Waals surface area contributed by atoms with E-state index in [0.717, 1.165) is 18.8 Å². The molecule has 0 radical (unpaired) electrons. The van der Waals surface area contributed by atoms with Gasteiger partial charge in [-0.15, -0.1) is 0 Å². The van der Waals surface area contributed by atoms with Gasteiger partial charge < -0.3 is 9.88 Å².